The molecule has 1 aliphatic heterocycles. The van der Waals surface area contributed by atoms with Crippen molar-refractivity contribution in [3.8, 4) is 5.75 Å². The van der Waals surface area contributed by atoms with Crippen molar-refractivity contribution in [1.29, 1.82) is 0 Å². The van der Waals surface area contributed by atoms with Crippen LogP contribution in [0.3, 0.4) is 0 Å². The molecule has 164 valence electrons. The molecule has 6 nitrogen and oxygen atoms in total. The smallest absolute Gasteiger partial charge is 0.207 e. The second-order valence-electron chi connectivity index (χ2n) is 7.86. The molecule has 2 N–H and O–H groups in total. The first-order chi connectivity index (χ1) is 15.3. The minimum absolute atomic E-state index is 0.679. The molecule has 31 heavy (non-hydrogen) atoms. The molecule has 0 radical (unpaired) electrons. The Hall–Kier alpha value is -2.64. The molecule has 1 fully saturated rings. The maximum atomic E-state index is 5.96. The summed E-state index contributed by atoms with van der Waals surface area (Å²) >= 11 is 1.54. The van der Waals surface area contributed by atoms with Crippen LogP contribution in [0.2, 0.25) is 0 Å². The van der Waals surface area contributed by atoms with Crippen LogP contribution in [0.25, 0.3) is 0 Å². The lowest BCUT2D eigenvalue weighted by Gasteiger charge is -2.26. The first-order valence-corrected chi connectivity index (χ1v) is 12.0. The van der Waals surface area contributed by atoms with Gasteiger partial charge in [0, 0.05) is 19.6 Å². The normalized spacial score (nSPS) is 14.3. The van der Waals surface area contributed by atoms with Gasteiger partial charge in [-0.05, 0) is 55.6 Å². The number of hydrogen-bond donors (Lipinski definition) is 2. The lowest BCUT2D eigenvalue weighted by atomic mass is 10.1. The minimum Gasteiger partial charge on any atom is -0.494 e. The van der Waals surface area contributed by atoms with E-state index < -0.39 is 0 Å². The van der Waals surface area contributed by atoms with Gasteiger partial charge in [0.15, 0.2) is 0 Å². The molecule has 4 rings (SSSR count). The van der Waals surface area contributed by atoms with E-state index in [2.05, 4.69) is 56.1 Å². The maximum Gasteiger partial charge on any atom is 0.207 e. The predicted octanol–water partition coefficient (Wildman–Crippen LogP) is 5.02. The molecule has 0 aliphatic carbocycles. The molecule has 0 unspecified atom stereocenters. The van der Waals surface area contributed by atoms with Crippen LogP contribution in [0.5, 0.6) is 5.75 Å². The lowest BCUT2D eigenvalue weighted by Crippen LogP contribution is -2.29. The van der Waals surface area contributed by atoms with E-state index in [1.54, 1.807) is 0 Å². The quantitative estimate of drug-likeness (QED) is 0.411. The van der Waals surface area contributed by atoms with Gasteiger partial charge in [-0.25, -0.2) is 0 Å². The van der Waals surface area contributed by atoms with Crippen LogP contribution in [0.4, 0.5) is 10.3 Å². The summed E-state index contributed by atoms with van der Waals surface area (Å²) in [5, 5.41) is 16.7. The highest BCUT2D eigenvalue weighted by molar-refractivity contribution is 7.19. The summed E-state index contributed by atoms with van der Waals surface area (Å²) in [5.41, 5.74) is 2.56. The van der Waals surface area contributed by atoms with Gasteiger partial charge in [0.1, 0.15) is 5.75 Å². The molecule has 2 aromatic carbocycles. The second-order valence-corrected chi connectivity index (χ2v) is 8.84. The molecular formula is C24H31N5OS. The van der Waals surface area contributed by atoms with E-state index in [-0.39, 0.29) is 0 Å². The first kappa shape index (κ1) is 21.6. The summed E-state index contributed by atoms with van der Waals surface area (Å²) < 4.78 is 5.96. The molecule has 7 heteroatoms. The average Bonchev–Trinajstić information content (AvgIpc) is 3.27. The number of ether oxygens (including phenoxy) is 1. The van der Waals surface area contributed by atoms with Gasteiger partial charge in [-0.3, -0.25) is 4.90 Å². The number of hydrogen-bond acceptors (Lipinski definition) is 7. The molecule has 0 atom stereocenters. The van der Waals surface area contributed by atoms with E-state index in [0.29, 0.717) is 6.61 Å². The number of aromatic nitrogens is 2. The molecule has 2 heterocycles. The highest BCUT2D eigenvalue weighted by atomic mass is 32.1. The van der Waals surface area contributed by atoms with Gasteiger partial charge in [-0.2, -0.15) is 0 Å². The van der Waals surface area contributed by atoms with Gasteiger partial charge >= 0.3 is 0 Å². The Labute approximate surface area is 188 Å². The van der Waals surface area contributed by atoms with Crippen molar-refractivity contribution in [2.24, 2.45) is 0 Å². The summed E-state index contributed by atoms with van der Waals surface area (Å²) in [4.78, 5) is 2.54. The van der Waals surface area contributed by atoms with Crippen molar-refractivity contribution in [2.75, 3.05) is 36.9 Å². The lowest BCUT2D eigenvalue weighted by molar-refractivity contribution is 0.220. The molecule has 0 bridgehead atoms. The topological polar surface area (TPSA) is 62.3 Å². The first-order valence-electron chi connectivity index (χ1n) is 11.1. The van der Waals surface area contributed by atoms with Crippen LogP contribution in [0.1, 0.15) is 36.8 Å². The van der Waals surface area contributed by atoms with Crippen molar-refractivity contribution in [3.05, 3.63) is 65.7 Å². The van der Waals surface area contributed by atoms with Crippen LogP contribution in [-0.2, 0) is 13.1 Å². The Morgan fingerprint density at radius 2 is 1.65 bits per heavy atom. The van der Waals surface area contributed by atoms with Gasteiger partial charge < -0.3 is 15.4 Å². The Morgan fingerprint density at radius 3 is 2.48 bits per heavy atom. The Balaban J connectivity index is 1.13. The third-order valence-corrected chi connectivity index (χ3v) is 6.17. The molecule has 1 aromatic heterocycles. The Kier molecular flexibility index (Phi) is 8.13. The van der Waals surface area contributed by atoms with Crippen molar-refractivity contribution in [3.63, 3.8) is 0 Å². The van der Waals surface area contributed by atoms with E-state index in [9.17, 15) is 0 Å². The number of likely N-dealkylation sites (tertiary alicyclic amines) is 1. The predicted molar refractivity (Wildman–Crippen MR) is 128 cm³/mol. The Morgan fingerprint density at radius 1 is 0.871 bits per heavy atom. The molecule has 0 saturated carbocycles. The highest BCUT2D eigenvalue weighted by Gasteiger charge is 2.10. The monoisotopic (exact) mass is 437 g/mol. The summed E-state index contributed by atoms with van der Waals surface area (Å²) in [6.07, 6.45) is 4.92. The molecule has 1 saturated heterocycles. The summed E-state index contributed by atoms with van der Waals surface area (Å²) in [7, 11) is 0. The largest absolute Gasteiger partial charge is 0.494 e. The number of nitrogens with zero attached hydrogens (tertiary/aromatic N) is 3. The zero-order chi connectivity index (χ0) is 21.1. The molecular weight excluding hydrogens is 406 g/mol. The van der Waals surface area contributed by atoms with Crippen LogP contribution < -0.4 is 15.4 Å². The third kappa shape index (κ3) is 7.22. The second kappa shape index (κ2) is 11.7. The molecule has 0 spiro atoms. The van der Waals surface area contributed by atoms with E-state index in [0.717, 1.165) is 42.1 Å². The van der Waals surface area contributed by atoms with Crippen LogP contribution in [0, 0.1) is 0 Å². The summed E-state index contributed by atoms with van der Waals surface area (Å²) in [6.45, 7) is 5.69. The van der Waals surface area contributed by atoms with Crippen molar-refractivity contribution in [1.82, 2.24) is 15.1 Å². The SMILES string of the molecule is c1ccc(CNc2nnc(NCCCOc3cccc(CN4CCCCC4)c3)s2)cc1. The van der Waals surface area contributed by atoms with Crippen LogP contribution in [-0.4, -0.2) is 41.3 Å². The van der Waals surface area contributed by atoms with E-state index in [1.807, 2.05) is 24.3 Å². The maximum absolute atomic E-state index is 5.96. The standard InChI is InChI=1S/C24H31N5OS/c1-3-9-20(10-4-1)18-26-24-28-27-23(31-24)25-13-8-16-30-22-12-7-11-21(17-22)19-29-14-5-2-6-15-29/h1,3-4,7,9-12,17H,2,5-6,8,13-16,18-19H2,(H,25,27)(H,26,28). The number of anilines is 2. The fourth-order valence-corrected chi connectivity index (χ4v) is 4.37. The number of nitrogens with one attached hydrogen (secondary N) is 2. The molecule has 0 amide bonds. The highest BCUT2D eigenvalue weighted by Crippen LogP contribution is 2.21. The third-order valence-electron chi connectivity index (χ3n) is 5.33. The van der Waals surface area contributed by atoms with Gasteiger partial charge in [0.2, 0.25) is 10.3 Å². The van der Waals surface area contributed by atoms with Gasteiger partial charge in [0.05, 0.1) is 6.61 Å². The number of piperidine rings is 1. The summed E-state index contributed by atoms with van der Waals surface area (Å²) in [6, 6.07) is 18.8. The van der Waals surface area contributed by atoms with Crippen molar-refractivity contribution >= 4 is 21.6 Å². The summed E-state index contributed by atoms with van der Waals surface area (Å²) in [5.74, 6) is 0.956. The zero-order valence-corrected chi connectivity index (χ0v) is 18.7. The van der Waals surface area contributed by atoms with Gasteiger partial charge in [-0.15, -0.1) is 10.2 Å². The van der Waals surface area contributed by atoms with Crippen molar-refractivity contribution < 1.29 is 4.74 Å². The molecule has 3 aromatic rings. The van der Waals surface area contributed by atoms with E-state index >= 15 is 0 Å². The zero-order valence-electron chi connectivity index (χ0n) is 17.9. The molecule has 1 aliphatic rings. The van der Waals surface area contributed by atoms with Crippen molar-refractivity contribution in [2.45, 2.75) is 38.8 Å². The van der Waals surface area contributed by atoms with Gasteiger partial charge in [0.25, 0.3) is 0 Å². The average molecular weight is 438 g/mol. The van der Waals surface area contributed by atoms with Gasteiger partial charge in [-0.1, -0.05) is 60.2 Å². The van der Waals surface area contributed by atoms with Crippen LogP contribution >= 0.6 is 11.3 Å². The van der Waals surface area contributed by atoms with Crippen LogP contribution in [0.15, 0.2) is 54.6 Å². The fourth-order valence-electron chi connectivity index (χ4n) is 3.71. The minimum atomic E-state index is 0.679. The fraction of sp³-hybridized carbons (Fsp3) is 0.417. The van der Waals surface area contributed by atoms with E-state index in [1.165, 1.54) is 54.8 Å². The Bertz CT molecular complexity index is 911. The number of rotatable bonds is 11. The van der Waals surface area contributed by atoms with E-state index in [4.69, 9.17) is 4.74 Å². The number of benzene rings is 2.